The number of allylic oxidation sites excluding steroid dienone is 1. The largest absolute Gasteiger partial charge is 0.464 e. The summed E-state index contributed by atoms with van der Waals surface area (Å²) < 4.78 is 5.50. The zero-order chi connectivity index (χ0) is 16.7. The van der Waals surface area contributed by atoms with E-state index < -0.39 is 11.6 Å². The van der Waals surface area contributed by atoms with Gasteiger partial charge in [0.1, 0.15) is 12.0 Å². The summed E-state index contributed by atoms with van der Waals surface area (Å²) in [5.41, 5.74) is 2.76. The molecule has 0 saturated heterocycles. The predicted molar refractivity (Wildman–Crippen MR) is 88.3 cm³/mol. The van der Waals surface area contributed by atoms with Gasteiger partial charge in [0, 0.05) is 5.56 Å². The van der Waals surface area contributed by atoms with Gasteiger partial charge in [-0.2, -0.15) is 0 Å². The molecule has 3 rings (SSSR count). The lowest BCUT2D eigenvalue weighted by Crippen LogP contribution is -2.25. The van der Waals surface area contributed by atoms with E-state index in [0.29, 0.717) is 29.6 Å². The molecule has 0 amide bonds. The van der Waals surface area contributed by atoms with Crippen molar-refractivity contribution in [1.82, 2.24) is 0 Å². The number of Topliss-reactive ketones (excluding diaryl/α,β-unsaturated/α-hetero) is 2. The van der Waals surface area contributed by atoms with Crippen LogP contribution in [0.1, 0.15) is 44.5 Å². The van der Waals surface area contributed by atoms with E-state index in [1.165, 1.54) is 6.26 Å². The molecule has 0 atom stereocenters. The molecule has 5 heteroatoms. The minimum atomic E-state index is -0.667. The normalized spacial score (nSPS) is 14.0. The summed E-state index contributed by atoms with van der Waals surface area (Å²) in [6, 6.07) is 7.10. The lowest BCUT2D eigenvalue weighted by Gasteiger charge is -2.14. The van der Waals surface area contributed by atoms with Crippen LogP contribution in [0, 0.1) is 6.92 Å². The van der Waals surface area contributed by atoms with Crippen LogP contribution in [0.2, 0.25) is 6.82 Å². The van der Waals surface area contributed by atoms with Gasteiger partial charge in [0.05, 0.1) is 11.1 Å². The first kappa shape index (κ1) is 15.2. The smallest absolute Gasteiger partial charge is 0.237 e. The van der Waals surface area contributed by atoms with E-state index in [0.717, 1.165) is 5.56 Å². The Morgan fingerprint density at radius 2 is 1.87 bits per heavy atom. The molecule has 1 aliphatic rings. The quantitative estimate of drug-likeness (QED) is 0.497. The summed E-state index contributed by atoms with van der Waals surface area (Å²) in [4.78, 5) is 37.3. The topological polar surface area (TPSA) is 64.3 Å². The molecule has 0 aliphatic heterocycles. The third kappa shape index (κ3) is 2.29. The first-order chi connectivity index (χ1) is 11.0. The molecule has 2 aromatic rings. The summed E-state index contributed by atoms with van der Waals surface area (Å²) in [5.74, 6) is -1.19. The van der Waals surface area contributed by atoms with E-state index in [-0.39, 0.29) is 16.9 Å². The summed E-state index contributed by atoms with van der Waals surface area (Å²) in [6.45, 7) is 5.39. The summed E-state index contributed by atoms with van der Waals surface area (Å²) in [7, 11) is 0.559. The Labute approximate surface area is 134 Å². The Balaban J connectivity index is 2.17. The van der Waals surface area contributed by atoms with Gasteiger partial charge in [0.25, 0.3) is 0 Å². The van der Waals surface area contributed by atoms with Gasteiger partial charge in [-0.3, -0.25) is 14.4 Å². The van der Waals surface area contributed by atoms with Crippen LogP contribution in [-0.4, -0.2) is 24.6 Å². The van der Waals surface area contributed by atoms with Crippen LogP contribution in [0.5, 0.6) is 0 Å². The van der Waals surface area contributed by atoms with Gasteiger partial charge in [-0.15, -0.1) is 0 Å². The monoisotopic (exact) mass is 306 g/mol. The van der Waals surface area contributed by atoms with Gasteiger partial charge >= 0.3 is 0 Å². The van der Waals surface area contributed by atoms with Gasteiger partial charge < -0.3 is 4.42 Å². The number of benzene rings is 1. The number of rotatable bonds is 3. The summed E-state index contributed by atoms with van der Waals surface area (Å²) >= 11 is 0. The number of hydrogen-bond donors (Lipinski definition) is 0. The fourth-order valence-electron chi connectivity index (χ4n) is 2.93. The molecule has 1 aromatic heterocycles. The highest BCUT2D eigenvalue weighted by Crippen LogP contribution is 2.33. The first-order valence-corrected chi connectivity index (χ1v) is 7.47. The third-order valence-electron chi connectivity index (χ3n) is 4.17. The molecule has 1 aliphatic carbocycles. The predicted octanol–water partition coefficient (Wildman–Crippen LogP) is 2.80. The van der Waals surface area contributed by atoms with Crippen LogP contribution in [0.3, 0.4) is 0 Å². The van der Waals surface area contributed by atoms with Gasteiger partial charge in [0.2, 0.25) is 11.6 Å². The molecule has 0 radical (unpaired) electrons. The van der Waals surface area contributed by atoms with E-state index in [4.69, 9.17) is 4.42 Å². The lowest BCUT2D eigenvalue weighted by molar-refractivity contribution is -0.111. The van der Waals surface area contributed by atoms with Crippen LogP contribution < -0.4 is 0 Å². The molecule has 0 saturated carbocycles. The molecule has 4 nitrogen and oxygen atoms in total. The van der Waals surface area contributed by atoms with Crippen LogP contribution in [0.25, 0.3) is 5.47 Å². The molecule has 0 spiro atoms. The van der Waals surface area contributed by atoms with Gasteiger partial charge in [-0.05, 0) is 31.0 Å². The Morgan fingerprint density at radius 1 is 1.13 bits per heavy atom. The number of aryl methyl sites for hydroxylation is 1. The standard InChI is InChI=1S/C18H15BO4/c1-9-5-4-6-11(7-9)16(21)12-8-23-18-13(12)17(22)15(20)10(2)14(18)19-3/h4-8,19H,1-3H3. The summed E-state index contributed by atoms with van der Waals surface area (Å²) in [5, 5.41) is 0. The van der Waals surface area contributed by atoms with Crippen molar-refractivity contribution >= 4 is 30.1 Å². The zero-order valence-electron chi connectivity index (χ0n) is 13.2. The molecular weight excluding hydrogens is 291 g/mol. The Kier molecular flexibility index (Phi) is 3.64. The SMILES string of the molecule is CBC1=C(C)C(=O)C(=O)c2c(C(=O)c3cccc(C)c3)coc21. The summed E-state index contributed by atoms with van der Waals surface area (Å²) in [6.07, 6.45) is 1.29. The van der Waals surface area contributed by atoms with Crippen LogP contribution in [0.15, 0.2) is 40.5 Å². The number of carbonyl (C=O) groups is 3. The average Bonchev–Trinajstić information content (AvgIpc) is 2.97. The van der Waals surface area contributed by atoms with Gasteiger partial charge in [0.15, 0.2) is 13.1 Å². The fourth-order valence-corrected chi connectivity index (χ4v) is 2.93. The van der Waals surface area contributed by atoms with Crippen molar-refractivity contribution in [2.45, 2.75) is 20.7 Å². The average molecular weight is 306 g/mol. The van der Waals surface area contributed by atoms with E-state index >= 15 is 0 Å². The Bertz CT molecular complexity index is 886. The minimum Gasteiger partial charge on any atom is -0.464 e. The van der Waals surface area contributed by atoms with E-state index in [1.807, 2.05) is 19.8 Å². The minimum absolute atomic E-state index is 0.101. The number of hydrogen-bond acceptors (Lipinski definition) is 4. The van der Waals surface area contributed by atoms with E-state index in [9.17, 15) is 14.4 Å². The molecule has 0 fully saturated rings. The molecule has 114 valence electrons. The second kappa shape index (κ2) is 5.50. The van der Waals surface area contributed by atoms with Crippen molar-refractivity contribution in [3.05, 3.63) is 64.1 Å². The molecule has 23 heavy (non-hydrogen) atoms. The van der Waals surface area contributed by atoms with Crippen molar-refractivity contribution in [2.24, 2.45) is 0 Å². The maximum absolute atomic E-state index is 12.7. The van der Waals surface area contributed by atoms with Crippen molar-refractivity contribution < 1.29 is 18.8 Å². The molecule has 0 unspecified atom stereocenters. The zero-order valence-corrected chi connectivity index (χ0v) is 13.2. The van der Waals surface area contributed by atoms with Crippen molar-refractivity contribution in [2.75, 3.05) is 0 Å². The van der Waals surface area contributed by atoms with E-state index in [1.54, 1.807) is 25.1 Å². The number of furan rings is 1. The van der Waals surface area contributed by atoms with Gasteiger partial charge in [-0.1, -0.05) is 30.6 Å². The lowest BCUT2D eigenvalue weighted by atomic mass is 9.65. The van der Waals surface area contributed by atoms with Gasteiger partial charge in [-0.25, -0.2) is 0 Å². The highest BCUT2D eigenvalue weighted by molar-refractivity contribution is 6.66. The van der Waals surface area contributed by atoms with Crippen LogP contribution in [-0.2, 0) is 4.79 Å². The number of ketones is 3. The molecule has 1 heterocycles. The maximum atomic E-state index is 12.7. The van der Waals surface area contributed by atoms with E-state index in [2.05, 4.69) is 0 Å². The second-order valence-corrected chi connectivity index (χ2v) is 5.67. The Morgan fingerprint density at radius 3 is 2.52 bits per heavy atom. The number of fused-ring (bicyclic) bond motifs is 1. The van der Waals surface area contributed by atoms with Crippen molar-refractivity contribution in [3.8, 4) is 0 Å². The molecular formula is C18H15BO4. The van der Waals surface area contributed by atoms with Crippen molar-refractivity contribution in [3.63, 3.8) is 0 Å². The third-order valence-corrected chi connectivity index (χ3v) is 4.17. The molecule has 0 bridgehead atoms. The van der Waals surface area contributed by atoms with Crippen LogP contribution in [0.4, 0.5) is 0 Å². The highest BCUT2D eigenvalue weighted by Gasteiger charge is 2.36. The number of carbonyl (C=O) groups excluding carboxylic acids is 3. The first-order valence-electron chi connectivity index (χ1n) is 7.47. The van der Waals surface area contributed by atoms with Crippen molar-refractivity contribution in [1.29, 1.82) is 0 Å². The van der Waals surface area contributed by atoms with Crippen LogP contribution >= 0.6 is 0 Å². The maximum Gasteiger partial charge on any atom is 0.237 e. The second-order valence-electron chi connectivity index (χ2n) is 5.67. The Hall–Kier alpha value is -2.69. The molecule has 0 N–H and O–H groups in total. The molecule has 1 aromatic carbocycles. The highest BCUT2D eigenvalue weighted by atomic mass is 16.3. The fraction of sp³-hybridized carbons (Fsp3) is 0.167.